The first-order valence-corrected chi connectivity index (χ1v) is 9.18. The molecule has 3 heterocycles. The molecule has 4 N–H and O–H groups in total. The van der Waals surface area contributed by atoms with Gasteiger partial charge in [-0.3, -0.25) is 4.79 Å². The van der Waals surface area contributed by atoms with Crippen molar-refractivity contribution in [3.63, 3.8) is 0 Å². The Morgan fingerprint density at radius 3 is 2.59 bits per heavy atom. The zero-order valence-electron chi connectivity index (χ0n) is 15.4. The number of carbonyl (C=O) groups excluding carboxylic acids is 2. The molecule has 2 saturated heterocycles. The Morgan fingerprint density at radius 1 is 1.14 bits per heavy atom. The summed E-state index contributed by atoms with van der Waals surface area (Å²) in [6.07, 6.45) is -6.03. The van der Waals surface area contributed by atoms with Crippen LogP contribution in [0.2, 0.25) is 0 Å². The van der Waals surface area contributed by atoms with Gasteiger partial charge < -0.3 is 44.1 Å². The molecule has 3 aliphatic heterocycles. The van der Waals surface area contributed by atoms with Crippen molar-refractivity contribution in [2.45, 2.75) is 50.0 Å². The predicted molar refractivity (Wildman–Crippen MR) is 89.4 cm³/mol. The van der Waals surface area contributed by atoms with Gasteiger partial charge in [-0.15, -0.1) is 0 Å². The first-order chi connectivity index (χ1) is 13.8. The van der Waals surface area contributed by atoms with Gasteiger partial charge in [0, 0.05) is 12.8 Å². The smallest absolute Gasteiger partial charge is 0.338 e. The molecule has 160 valence electrons. The fraction of sp³-hybridized carbons (Fsp3) is 0.667. The van der Waals surface area contributed by atoms with Crippen LogP contribution in [0, 0.1) is 11.8 Å². The molecule has 29 heavy (non-hydrogen) atoms. The average Bonchev–Trinajstić information content (AvgIpc) is 3.20. The van der Waals surface area contributed by atoms with Gasteiger partial charge in [0.2, 0.25) is 6.29 Å². The second kappa shape index (κ2) is 7.67. The molecular weight excluding hydrogens is 392 g/mol. The van der Waals surface area contributed by atoms with Crippen molar-refractivity contribution >= 4 is 11.9 Å². The van der Waals surface area contributed by atoms with Crippen LogP contribution < -0.4 is 0 Å². The molecule has 0 spiro atoms. The highest BCUT2D eigenvalue weighted by Crippen LogP contribution is 2.49. The molecular formula is C18H22O11. The summed E-state index contributed by atoms with van der Waals surface area (Å²) in [6, 6.07) is 0. The Hall–Kier alpha value is -2.02. The lowest BCUT2D eigenvalue weighted by Crippen LogP contribution is -2.60. The van der Waals surface area contributed by atoms with E-state index in [1.165, 1.54) is 13.2 Å². The van der Waals surface area contributed by atoms with E-state index in [2.05, 4.69) is 0 Å². The van der Waals surface area contributed by atoms with E-state index < -0.39 is 73.5 Å². The summed E-state index contributed by atoms with van der Waals surface area (Å²) in [5, 5.41) is 39.4. The number of carbonyl (C=O) groups is 2. The van der Waals surface area contributed by atoms with Gasteiger partial charge in [-0.25, -0.2) is 4.79 Å². The number of aliphatic hydroxyl groups excluding tert-OH is 4. The molecule has 0 aromatic rings. The summed E-state index contributed by atoms with van der Waals surface area (Å²) in [4.78, 5) is 23.2. The van der Waals surface area contributed by atoms with E-state index in [1.807, 2.05) is 0 Å². The predicted octanol–water partition coefficient (Wildman–Crippen LogP) is -2.30. The van der Waals surface area contributed by atoms with Crippen LogP contribution in [0.25, 0.3) is 0 Å². The number of hydrogen-bond acceptors (Lipinski definition) is 11. The van der Waals surface area contributed by atoms with Gasteiger partial charge in [0.15, 0.2) is 6.29 Å². The van der Waals surface area contributed by atoms with E-state index >= 15 is 0 Å². The van der Waals surface area contributed by atoms with Gasteiger partial charge >= 0.3 is 11.9 Å². The maximum absolute atomic E-state index is 12.0. The van der Waals surface area contributed by atoms with Crippen LogP contribution in [0.3, 0.4) is 0 Å². The molecule has 11 nitrogen and oxygen atoms in total. The summed E-state index contributed by atoms with van der Waals surface area (Å²) in [6.45, 7) is 0.602. The first kappa shape index (κ1) is 20.3. The Morgan fingerprint density at radius 2 is 1.90 bits per heavy atom. The standard InChI is InChI=1S/C18H22O11/c1-6(20)25-4-7-2-9-12-8(16(24)27-9)5-26-17(11(7)12)29-18-15(23)14(22)13(21)10(3-19)28-18/h2,5,9-15,17-19,21-23H,3-4H2,1H3/t9-,10+,11+,12+,13+,14-,15+,17+,18-/m1/s1. The third-order valence-electron chi connectivity index (χ3n) is 5.57. The second-order valence-corrected chi connectivity index (χ2v) is 7.35. The lowest BCUT2D eigenvalue weighted by atomic mass is 9.84. The molecule has 0 amide bonds. The van der Waals surface area contributed by atoms with Crippen molar-refractivity contribution in [2.75, 3.05) is 13.2 Å². The lowest BCUT2D eigenvalue weighted by Gasteiger charge is -2.42. The van der Waals surface area contributed by atoms with Gasteiger partial charge in [0.05, 0.1) is 24.4 Å². The van der Waals surface area contributed by atoms with Gasteiger partial charge in [0.25, 0.3) is 0 Å². The van der Waals surface area contributed by atoms with Crippen molar-refractivity contribution in [2.24, 2.45) is 11.8 Å². The molecule has 4 aliphatic rings. The highest BCUT2D eigenvalue weighted by Gasteiger charge is 2.56. The number of ether oxygens (including phenoxy) is 5. The third kappa shape index (κ3) is 3.43. The van der Waals surface area contributed by atoms with E-state index in [-0.39, 0.29) is 6.61 Å². The molecule has 4 rings (SSSR count). The Kier molecular flexibility index (Phi) is 5.36. The van der Waals surface area contributed by atoms with E-state index in [0.29, 0.717) is 11.1 Å². The molecule has 2 fully saturated rings. The quantitative estimate of drug-likeness (QED) is 0.283. The Labute approximate surface area is 165 Å². The van der Waals surface area contributed by atoms with Gasteiger partial charge in [-0.1, -0.05) is 0 Å². The molecule has 0 bridgehead atoms. The van der Waals surface area contributed by atoms with E-state index in [0.717, 1.165) is 0 Å². The van der Waals surface area contributed by atoms with Gasteiger partial charge in [0.1, 0.15) is 37.1 Å². The van der Waals surface area contributed by atoms with Crippen LogP contribution in [-0.4, -0.2) is 88.7 Å². The number of hydrogen-bond donors (Lipinski definition) is 4. The summed E-state index contributed by atoms with van der Waals surface area (Å²) < 4.78 is 27.0. The third-order valence-corrected chi connectivity index (χ3v) is 5.57. The summed E-state index contributed by atoms with van der Waals surface area (Å²) in [7, 11) is 0. The molecule has 1 aliphatic carbocycles. The number of esters is 2. The maximum atomic E-state index is 12.0. The minimum atomic E-state index is -1.61. The zero-order valence-corrected chi connectivity index (χ0v) is 15.4. The fourth-order valence-electron chi connectivity index (χ4n) is 4.12. The second-order valence-electron chi connectivity index (χ2n) is 7.35. The molecule has 0 aromatic carbocycles. The van der Waals surface area contributed by atoms with Crippen molar-refractivity contribution in [3.8, 4) is 0 Å². The fourth-order valence-corrected chi connectivity index (χ4v) is 4.12. The lowest BCUT2D eigenvalue weighted by molar-refractivity contribution is -0.339. The van der Waals surface area contributed by atoms with Crippen molar-refractivity contribution in [1.82, 2.24) is 0 Å². The highest BCUT2D eigenvalue weighted by atomic mass is 16.8. The molecule has 11 heteroatoms. The number of aliphatic hydroxyl groups is 4. The average molecular weight is 414 g/mol. The van der Waals surface area contributed by atoms with Gasteiger partial charge in [-0.2, -0.15) is 0 Å². The van der Waals surface area contributed by atoms with E-state index in [1.54, 1.807) is 6.08 Å². The largest absolute Gasteiger partial charge is 0.471 e. The topological polar surface area (TPSA) is 161 Å². The minimum Gasteiger partial charge on any atom is -0.471 e. The summed E-state index contributed by atoms with van der Waals surface area (Å²) in [5.74, 6) is -1.99. The highest BCUT2D eigenvalue weighted by molar-refractivity contribution is 5.92. The van der Waals surface area contributed by atoms with Crippen LogP contribution >= 0.6 is 0 Å². The summed E-state index contributed by atoms with van der Waals surface area (Å²) >= 11 is 0. The molecule has 0 saturated carbocycles. The molecule has 0 aromatic heterocycles. The van der Waals surface area contributed by atoms with Crippen molar-refractivity contribution < 1.29 is 53.7 Å². The van der Waals surface area contributed by atoms with Crippen LogP contribution in [0.4, 0.5) is 0 Å². The van der Waals surface area contributed by atoms with Gasteiger partial charge in [-0.05, 0) is 11.6 Å². The maximum Gasteiger partial charge on any atom is 0.338 e. The van der Waals surface area contributed by atoms with Crippen LogP contribution in [0.1, 0.15) is 6.92 Å². The van der Waals surface area contributed by atoms with E-state index in [9.17, 15) is 30.0 Å². The van der Waals surface area contributed by atoms with Crippen molar-refractivity contribution in [3.05, 3.63) is 23.5 Å². The SMILES string of the molecule is CC(=O)OCC1=C[C@H]2OC(=O)C3=CO[C@@H](O[C@H]4O[C@@H](CO)[C@H](O)[C@@H](O)[C@@H]4O)[C@@H]1[C@@H]32. The minimum absolute atomic E-state index is 0.0598. The van der Waals surface area contributed by atoms with Crippen LogP contribution in [0.5, 0.6) is 0 Å². The monoisotopic (exact) mass is 414 g/mol. The number of rotatable bonds is 5. The first-order valence-electron chi connectivity index (χ1n) is 9.18. The molecule has 0 unspecified atom stereocenters. The zero-order chi connectivity index (χ0) is 20.9. The van der Waals surface area contributed by atoms with Crippen molar-refractivity contribution in [1.29, 1.82) is 0 Å². The van der Waals surface area contributed by atoms with Crippen LogP contribution in [-0.2, 0) is 33.3 Å². The summed E-state index contributed by atoms with van der Waals surface area (Å²) in [5.41, 5.74) is 0.936. The molecule has 9 atom stereocenters. The Bertz CT molecular complexity index is 744. The van der Waals surface area contributed by atoms with E-state index in [4.69, 9.17) is 23.7 Å². The normalized spacial score (nSPS) is 43.1. The molecule has 0 radical (unpaired) electrons. The Balaban J connectivity index is 1.56. The van der Waals surface area contributed by atoms with Crippen LogP contribution in [0.15, 0.2) is 23.5 Å².